The summed E-state index contributed by atoms with van der Waals surface area (Å²) in [6, 6.07) is 14.7. The molecule has 2 aromatic rings. The molecule has 6 heteroatoms. The second-order valence-corrected chi connectivity index (χ2v) is 8.10. The van der Waals surface area contributed by atoms with Crippen molar-refractivity contribution in [1.29, 1.82) is 0 Å². The van der Waals surface area contributed by atoms with Gasteiger partial charge >= 0.3 is 0 Å². The highest BCUT2D eigenvalue weighted by molar-refractivity contribution is 5.95. The van der Waals surface area contributed by atoms with E-state index in [4.69, 9.17) is 14.2 Å². The highest BCUT2D eigenvalue weighted by Crippen LogP contribution is 2.37. The fourth-order valence-corrected chi connectivity index (χ4v) is 3.92. The predicted molar refractivity (Wildman–Crippen MR) is 112 cm³/mol. The van der Waals surface area contributed by atoms with Gasteiger partial charge < -0.3 is 19.1 Å². The molecule has 0 unspecified atom stereocenters. The largest absolute Gasteiger partial charge is 0.479 e. The number of amides is 1. The van der Waals surface area contributed by atoms with Crippen molar-refractivity contribution in [3.63, 3.8) is 0 Å². The molecule has 1 spiro atoms. The molecule has 2 heterocycles. The van der Waals surface area contributed by atoms with E-state index in [0.717, 1.165) is 11.3 Å². The van der Waals surface area contributed by atoms with Gasteiger partial charge in [0.1, 0.15) is 11.5 Å². The van der Waals surface area contributed by atoms with E-state index >= 15 is 0 Å². The Balaban J connectivity index is 1.36. The maximum atomic E-state index is 12.9. The summed E-state index contributed by atoms with van der Waals surface area (Å²) in [5.74, 6) is 1.51. The molecule has 6 nitrogen and oxygen atoms in total. The molecule has 0 N–H and O–H groups in total. The van der Waals surface area contributed by atoms with Crippen LogP contribution in [0.15, 0.2) is 48.5 Å². The van der Waals surface area contributed by atoms with Gasteiger partial charge in [-0.3, -0.25) is 9.59 Å². The first kappa shape index (κ1) is 20.4. The number of rotatable bonds is 5. The van der Waals surface area contributed by atoms with Gasteiger partial charge in [0.15, 0.2) is 18.2 Å². The number of ether oxygens (including phenoxy) is 3. The molecule has 158 valence electrons. The number of ketones is 1. The van der Waals surface area contributed by atoms with Crippen LogP contribution in [0, 0.1) is 0 Å². The lowest BCUT2D eigenvalue weighted by atomic mass is 9.82. The van der Waals surface area contributed by atoms with Crippen LogP contribution in [0.1, 0.15) is 42.6 Å². The first-order chi connectivity index (χ1) is 14.5. The number of fused-ring (bicyclic) bond motifs is 1. The lowest BCUT2D eigenvalue weighted by Crippen LogP contribution is -2.56. The number of para-hydroxylation sites is 1. The Labute approximate surface area is 176 Å². The number of Topliss-reactive ketones (excluding diaryl/α,β-unsaturated/α-hetero) is 1. The van der Waals surface area contributed by atoms with E-state index in [-0.39, 0.29) is 24.6 Å². The Kier molecular flexibility index (Phi) is 5.77. The van der Waals surface area contributed by atoms with E-state index in [2.05, 4.69) is 0 Å². The molecular weight excluding hydrogens is 382 g/mol. The minimum atomic E-state index is -0.806. The van der Waals surface area contributed by atoms with Crippen molar-refractivity contribution in [3.8, 4) is 11.5 Å². The van der Waals surface area contributed by atoms with E-state index in [1.165, 1.54) is 0 Å². The van der Waals surface area contributed by atoms with Crippen molar-refractivity contribution in [1.82, 2.24) is 4.90 Å². The molecule has 0 saturated carbocycles. The second kappa shape index (κ2) is 8.48. The van der Waals surface area contributed by atoms with E-state index in [1.54, 1.807) is 29.2 Å². The van der Waals surface area contributed by atoms with Crippen molar-refractivity contribution in [3.05, 3.63) is 59.7 Å². The summed E-state index contributed by atoms with van der Waals surface area (Å²) in [6.45, 7) is 5.05. The summed E-state index contributed by atoms with van der Waals surface area (Å²) >= 11 is 0. The number of piperidine rings is 1. The van der Waals surface area contributed by atoms with Crippen LogP contribution in [0.2, 0.25) is 0 Å². The molecule has 2 aliphatic rings. The van der Waals surface area contributed by atoms with Crippen LogP contribution in [0.25, 0.3) is 0 Å². The SMILES string of the molecule is CC(C)OCOc1ccc(C(=O)N2CCC3(CC2)Oc2ccccc2CC3=O)cc1. The zero-order valence-electron chi connectivity index (χ0n) is 17.4. The summed E-state index contributed by atoms with van der Waals surface area (Å²) in [6.07, 6.45) is 1.52. The van der Waals surface area contributed by atoms with E-state index < -0.39 is 5.60 Å². The molecule has 0 bridgehead atoms. The zero-order chi connectivity index (χ0) is 21.1. The van der Waals surface area contributed by atoms with Crippen LogP contribution in [-0.4, -0.2) is 48.2 Å². The third-order valence-corrected chi connectivity index (χ3v) is 5.72. The van der Waals surface area contributed by atoms with Gasteiger partial charge in [0.2, 0.25) is 0 Å². The Hall–Kier alpha value is -2.86. The Morgan fingerprint density at radius 2 is 1.80 bits per heavy atom. The van der Waals surface area contributed by atoms with Crippen molar-refractivity contribution >= 4 is 11.7 Å². The van der Waals surface area contributed by atoms with Crippen molar-refractivity contribution in [2.45, 2.75) is 44.8 Å². The lowest BCUT2D eigenvalue weighted by molar-refractivity contribution is -0.139. The number of hydrogen-bond donors (Lipinski definition) is 0. The highest BCUT2D eigenvalue weighted by Gasteiger charge is 2.46. The number of likely N-dealkylation sites (tertiary alicyclic amines) is 1. The van der Waals surface area contributed by atoms with Gasteiger partial charge in [-0.1, -0.05) is 18.2 Å². The molecule has 1 amide bonds. The second-order valence-electron chi connectivity index (χ2n) is 8.10. The van der Waals surface area contributed by atoms with Crippen molar-refractivity contribution in [2.24, 2.45) is 0 Å². The Bertz CT molecular complexity index is 913. The van der Waals surface area contributed by atoms with Gasteiger partial charge in [-0.25, -0.2) is 0 Å². The molecule has 4 rings (SSSR count). The maximum Gasteiger partial charge on any atom is 0.253 e. The third kappa shape index (κ3) is 4.19. The minimum absolute atomic E-state index is 0.0431. The van der Waals surface area contributed by atoms with E-state index in [0.29, 0.717) is 43.7 Å². The maximum absolute atomic E-state index is 12.9. The van der Waals surface area contributed by atoms with Crippen LogP contribution < -0.4 is 9.47 Å². The molecule has 0 radical (unpaired) electrons. The molecule has 1 saturated heterocycles. The number of carbonyl (C=O) groups excluding carboxylic acids is 2. The summed E-state index contributed by atoms with van der Waals surface area (Å²) < 4.78 is 17.0. The summed E-state index contributed by atoms with van der Waals surface area (Å²) in [5, 5.41) is 0. The average molecular weight is 409 g/mol. The van der Waals surface area contributed by atoms with Gasteiger partial charge in [-0.15, -0.1) is 0 Å². The summed E-state index contributed by atoms with van der Waals surface area (Å²) in [4.78, 5) is 27.5. The summed E-state index contributed by atoms with van der Waals surface area (Å²) in [7, 11) is 0. The number of hydrogen-bond acceptors (Lipinski definition) is 5. The number of benzene rings is 2. The molecule has 0 aromatic heterocycles. The van der Waals surface area contributed by atoms with Crippen LogP contribution >= 0.6 is 0 Å². The molecule has 0 atom stereocenters. The van der Waals surface area contributed by atoms with Crippen LogP contribution in [0.3, 0.4) is 0 Å². The third-order valence-electron chi connectivity index (χ3n) is 5.72. The normalized spacial score (nSPS) is 17.6. The number of nitrogens with zero attached hydrogens (tertiary/aromatic N) is 1. The van der Waals surface area contributed by atoms with Crippen LogP contribution in [-0.2, 0) is 16.0 Å². The van der Waals surface area contributed by atoms with Gasteiger partial charge in [0, 0.05) is 43.5 Å². The lowest BCUT2D eigenvalue weighted by Gasteiger charge is -2.43. The first-order valence-corrected chi connectivity index (χ1v) is 10.4. The van der Waals surface area contributed by atoms with Crippen molar-refractivity contribution in [2.75, 3.05) is 19.9 Å². The predicted octanol–water partition coefficient (Wildman–Crippen LogP) is 3.63. The monoisotopic (exact) mass is 409 g/mol. The van der Waals surface area contributed by atoms with Crippen LogP contribution in [0.4, 0.5) is 0 Å². The van der Waals surface area contributed by atoms with E-state index in [9.17, 15) is 9.59 Å². The zero-order valence-corrected chi connectivity index (χ0v) is 17.4. The van der Waals surface area contributed by atoms with Gasteiger partial charge in [0.25, 0.3) is 5.91 Å². The molecule has 2 aliphatic heterocycles. The Morgan fingerprint density at radius 1 is 1.10 bits per heavy atom. The van der Waals surface area contributed by atoms with E-state index in [1.807, 2.05) is 38.1 Å². The molecule has 1 fully saturated rings. The van der Waals surface area contributed by atoms with Crippen LogP contribution in [0.5, 0.6) is 11.5 Å². The van der Waals surface area contributed by atoms with Crippen molar-refractivity contribution < 1.29 is 23.8 Å². The van der Waals surface area contributed by atoms with Gasteiger partial charge in [-0.2, -0.15) is 0 Å². The number of carbonyl (C=O) groups is 2. The fraction of sp³-hybridized carbons (Fsp3) is 0.417. The topological polar surface area (TPSA) is 65.1 Å². The average Bonchev–Trinajstić information content (AvgIpc) is 2.75. The van der Waals surface area contributed by atoms with Gasteiger partial charge in [0.05, 0.1) is 6.10 Å². The molecule has 2 aromatic carbocycles. The van der Waals surface area contributed by atoms with Gasteiger partial charge in [-0.05, 0) is 44.2 Å². The molecule has 0 aliphatic carbocycles. The first-order valence-electron chi connectivity index (χ1n) is 10.4. The smallest absolute Gasteiger partial charge is 0.253 e. The fourth-order valence-electron chi connectivity index (χ4n) is 3.92. The molecule has 30 heavy (non-hydrogen) atoms. The highest BCUT2D eigenvalue weighted by atomic mass is 16.7. The molecular formula is C24H27NO5. The quantitative estimate of drug-likeness (QED) is 0.706. The Morgan fingerprint density at radius 3 is 2.50 bits per heavy atom. The minimum Gasteiger partial charge on any atom is -0.479 e. The summed E-state index contributed by atoms with van der Waals surface area (Å²) in [5.41, 5.74) is 0.733. The standard InChI is InChI=1S/C24H27NO5/c1-17(2)28-16-29-20-9-7-18(8-10-20)23(27)25-13-11-24(12-14-25)22(26)15-19-5-3-4-6-21(19)30-24/h3-10,17H,11-16H2,1-2H3.